The third-order valence-electron chi connectivity index (χ3n) is 3.60. The molecule has 0 amide bonds. The Labute approximate surface area is 113 Å². The standard InChI is InChI=1S/C15H22BrN/c1-2-17(11-13-8-9-13)12-15(10-16)14-6-4-3-5-7-14/h3-7,13,15H,2,8-12H2,1H3. The molecule has 0 aliphatic heterocycles. The number of likely N-dealkylation sites (N-methyl/N-ethyl adjacent to an activating group) is 1. The molecule has 1 aliphatic carbocycles. The van der Waals surface area contributed by atoms with Crippen molar-refractivity contribution in [2.75, 3.05) is 25.0 Å². The minimum absolute atomic E-state index is 0.620. The highest BCUT2D eigenvalue weighted by molar-refractivity contribution is 9.09. The van der Waals surface area contributed by atoms with Crippen molar-refractivity contribution in [2.24, 2.45) is 5.92 Å². The zero-order valence-corrected chi connectivity index (χ0v) is 12.2. The van der Waals surface area contributed by atoms with E-state index in [-0.39, 0.29) is 0 Å². The van der Waals surface area contributed by atoms with Crippen molar-refractivity contribution in [1.29, 1.82) is 0 Å². The maximum absolute atomic E-state index is 3.67. The molecule has 1 unspecified atom stereocenters. The summed E-state index contributed by atoms with van der Waals surface area (Å²) in [6.45, 7) is 5.93. The van der Waals surface area contributed by atoms with Crippen LogP contribution in [-0.2, 0) is 0 Å². The molecule has 0 radical (unpaired) electrons. The molecule has 0 saturated heterocycles. The highest BCUT2D eigenvalue weighted by atomic mass is 79.9. The Morgan fingerprint density at radius 3 is 2.53 bits per heavy atom. The van der Waals surface area contributed by atoms with Gasteiger partial charge in [0.1, 0.15) is 0 Å². The summed E-state index contributed by atoms with van der Waals surface area (Å²) in [4.78, 5) is 2.61. The molecule has 0 bridgehead atoms. The van der Waals surface area contributed by atoms with Gasteiger partial charge in [0.15, 0.2) is 0 Å². The van der Waals surface area contributed by atoms with Crippen molar-refractivity contribution < 1.29 is 0 Å². The smallest absolute Gasteiger partial charge is 0.0112 e. The van der Waals surface area contributed by atoms with Crippen LogP contribution in [0.15, 0.2) is 30.3 Å². The predicted molar refractivity (Wildman–Crippen MR) is 77.8 cm³/mol. The molecule has 1 aromatic rings. The molecule has 1 aliphatic rings. The van der Waals surface area contributed by atoms with Gasteiger partial charge in [-0.25, -0.2) is 0 Å². The highest BCUT2D eigenvalue weighted by Crippen LogP contribution is 2.30. The SMILES string of the molecule is CCN(CC1CC1)CC(CBr)c1ccccc1. The van der Waals surface area contributed by atoms with Gasteiger partial charge in [-0.2, -0.15) is 0 Å². The van der Waals surface area contributed by atoms with E-state index in [0.717, 1.165) is 11.2 Å². The molecular weight excluding hydrogens is 274 g/mol. The van der Waals surface area contributed by atoms with Gasteiger partial charge in [-0.05, 0) is 30.9 Å². The zero-order chi connectivity index (χ0) is 12.1. The molecule has 1 aromatic carbocycles. The number of halogens is 1. The molecule has 94 valence electrons. The molecule has 2 heteroatoms. The number of hydrogen-bond acceptors (Lipinski definition) is 1. The number of hydrogen-bond donors (Lipinski definition) is 0. The molecule has 1 fully saturated rings. The first kappa shape index (κ1) is 13.1. The van der Waals surface area contributed by atoms with Gasteiger partial charge in [-0.3, -0.25) is 0 Å². The average molecular weight is 296 g/mol. The molecule has 1 atom stereocenters. The second-order valence-electron chi connectivity index (χ2n) is 5.06. The largest absolute Gasteiger partial charge is 0.303 e. The number of nitrogens with zero attached hydrogens (tertiary/aromatic N) is 1. The Morgan fingerprint density at radius 2 is 2.00 bits per heavy atom. The molecule has 0 spiro atoms. The van der Waals surface area contributed by atoms with Crippen molar-refractivity contribution in [3.8, 4) is 0 Å². The van der Waals surface area contributed by atoms with Crippen molar-refractivity contribution in [1.82, 2.24) is 4.90 Å². The monoisotopic (exact) mass is 295 g/mol. The maximum atomic E-state index is 3.67. The van der Waals surface area contributed by atoms with Gasteiger partial charge in [0.2, 0.25) is 0 Å². The minimum atomic E-state index is 0.620. The third-order valence-corrected chi connectivity index (χ3v) is 4.38. The fourth-order valence-electron chi connectivity index (χ4n) is 2.28. The van der Waals surface area contributed by atoms with E-state index < -0.39 is 0 Å². The molecule has 1 nitrogen and oxygen atoms in total. The number of benzene rings is 1. The lowest BCUT2D eigenvalue weighted by Gasteiger charge is -2.25. The van der Waals surface area contributed by atoms with E-state index in [1.165, 1.54) is 38.0 Å². The van der Waals surface area contributed by atoms with Crippen LogP contribution in [0.1, 0.15) is 31.2 Å². The summed E-state index contributed by atoms with van der Waals surface area (Å²) in [7, 11) is 0. The Kier molecular flexibility index (Phi) is 5.05. The van der Waals surface area contributed by atoms with Crippen LogP contribution in [0.25, 0.3) is 0 Å². The molecule has 2 rings (SSSR count). The molecule has 0 aromatic heterocycles. The average Bonchev–Trinajstić information content (AvgIpc) is 3.19. The minimum Gasteiger partial charge on any atom is -0.303 e. The first-order valence-corrected chi connectivity index (χ1v) is 7.79. The van der Waals surface area contributed by atoms with E-state index in [0.29, 0.717) is 5.92 Å². The molecule has 1 saturated carbocycles. The fraction of sp³-hybridized carbons (Fsp3) is 0.600. The number of rotatable bonds is 7. The van der Waals surface area contributed by atoms with Gasteiger partial charge in [-0.1, -0.05) is 53.2 Å². The first-order chi connectivity index (χ1) is 8.33. The Morgan fingerprint density at radius 1 is 1.29 bits per heavy atom. The predicted octanol–water partition coefficient (Wildman–Crippen LogP) is 3.90. The summed E-state index contributed by atoms with van der Waals surface area (Å²) in [5.41, 5.74) is 1.46. The lowest BCUT2D eigenvalue weighted by atomic mass is 10.0. The Bertz CT molecular complexity index is 321. The number of alkyl halides is 1. The normalized spacial score (nSPS) is 17.4. The van der Waals surface area contributed by atoms with Crippen LogP contribution >= 0.6 is 15.9 Å². The summed E-state index contributed by atoms with van der Waals surface area (Å²) in [5.74, 6) is 1.61. The van der Waals surface area contributed by atoms with E-state index in [1.54, 1.807) is 0 Å². The van der Waals surface area contributed by atoms with Crippen LogP contribution in [0, 0.1) is 5.92 Å². The van der Waals surface area contributed by atoms with Crippen LogP contribution in [0.5, 0.6) is 0 Å². The fourth-order valence-corrected chi connectivity index (χ4v) is 2.86. The van der Waals surface area contributed by atoms with Gasteiger partial charge in [-0.15, -0.1) is 0 Å². The van der Waals surface area contributed by atoms with E-state index in [4.69, 9.17) is 0 Å². The lowest BCUT2D eigenvalue weighted by molar-refractivity contribution is 0.265. The van der Waals surface area contributed by atoms with Crippen molar-refractivity contribution in [3.63, 3.8) is 0 Å². The third kappa shape index (κ3) is 4.11. The van der Waals surface area contributed by atoms with Crippen LogP contribution in [-0.4, -0.2) is 29.9 Å². The highest BCUT2D eigenvalue weighted by Gasteiger charge is 2.25. The molecule has 0 heterocycles. The molecule has 0 N–H and O–H groups in total. The summed E-state index contributed by atoms with van der Waals surface area (Å²) in [5, 5.41) is 1.05. The van der Waals surface area contributed by atoms with E-state index in [9.17, 15) is 0 Å². The summed E-state index contributed by atoms with van der Waals surface area (Å²) < 4.78 is 0. The summed E-state index contributed by atoms with van der Waals surface area (Å²) in [6.07, 6.45) is 2.89. The molecule has 17 heavy (non-hydrogen) atoms. The van der Waals surface area contributed by atoms with Gasteiger partial charge in [0.05, 0.1) is 0 Å². The van der Waals surface area contributed by atoms with E-state index in [2.05, 4.69) is 58.1 Å². The van der Waals surface area contributed by atoms with Crippen LogP contribution < -0.4 is 0 Å². The van der Waals surface area contributed by atoms with E-state index >= 15 is 0 Å². The topological polar surface area (TPSA) is 3.24 Å². The van der Waals surface area contributed by atoms with Gasteiger partial charge < -0.3 is 4.90 Å². The zero-order valence-electron chi connectivity index (χ0n) is 10.6. The summed E-state index contributed by atoms with van der Waals surface area (Å²) >= 11 is 3.67. The van der Waals surface area contributed by atoms with Crippen molar-refractivity contribution in [2.45, 2.75) is 25.7 Å². The van der Waals surface area contributed by atoms with Crippen molar-refractivity contribution in [3.05, 3.63) is 35.9 Å². The van der Waals surface area contributed by atoms with Crippen molar-refractivity contribution >= 4 is 15.9 Å². The van der Waals surface area contributed by atoms with Gasteiger partial charge >= 0.3 is 0 Å². The second-order valence-corrected chi connectivity index (χ2v) is 5.70. The summed E-state index contributed by atoms with van der Waals surface area (Å²) in [6, 6.07) is 10.9. The first-order valence-electron chi connectivity index (χ1n) is 6.66. The maximum Gasteiger partial charge on any atom is 0.0112 e. The van der Waals surface area contributed by atoms with Crippen LogP contribution in [0.3, 0.4) is 0 Å². The lowest BCUT2D eigenvalue weighted by Crippen LogP contribution is -2.31. The van der Waals surface area contributed by atoms with E-state index in [1.807, 2.05) is 0 Å². The van der Waals surface area contributed by atoms with Gasteiger partial charge in [0.25, 0.3) is 0 Å². The van der Waals surface area contributed by atoms with Gasteiger partial charge in [0, 0.05) is 24.3 Å². The molecular formula is C15H22BrN. The van der Waals surface area contributed by atoms with Crippen LogP contribution in [0.4, 0.5) is 0 Å². The second kappa shape index (κ2) is 6.55. The van der Waals surface area contributed by atoms with Crippen LogP contribution in [0.2, 0.25) is 0 Å². The Balaban J connectivity index is 1.93. The quantitative estimate of drug-likeness (QED) is 0.690. The Hall–Kier alpha value is -0.340.